The average Bonchev–Trinajstić information content (AvgIpc) is 2.60. The molecule has 0 aliphatic rings. The molecular formula is C19H38O5. The van der Waals surface area contributed by atoms with Crippen LogP contribution < -0.4 is 0 Å². The van der Waals surface area contributed by atoms with Crippen molar-refractivity contribution >= 4 is 0 Å². The van der Waals surface area contributed by atoms with Crippen molar-refractivity contribution in [3.63, 3.8) is 0 Å². The number of rotatable bonds is 20. The lowest BCUT2D eigenvalue weighted by molar-refractivity contribution is 0.00133. The van der Waals surface area contributed by atoms with Crippen LogP contribution in [0.1, 0.15) is 58.3 Å². The monoisotopic (exact) mass is 346 g/mol. The molecule has 0 amide bonds. The van der Waals surface area contributed by atoms with E-state index in [1.54, 1.807) is 6.26 Å². The number of hydrogen-bond donors (Lipinski definition) is 1. The maximum Gasteiger partial charge on any atom is 0.111 e. The Morgan fingerprint density at radius 3 is 1.83 bits per heavy atom. The zero-order chi connectivity index (χ0) is 17.6. The van der Waals surface area contributed by atoms with Gasteiger partial charge in [-0.15, -0.1) is 0 Å². The van der Waals surface area contributed by atoms with Crippen molar-refractivity contribution in [2.75, 3.05) is 52.9 Å². The van der Waals surface area contributed by atoms with Gasteiger partial charge in [0.15, 0.2) is 0 Å². The minimum absolute atomic E-state index is 0.0522. The highest BCUT2D eigenvalue weighted by atomic mass is 16.6. The van der Waals surface area contributed by atoms with E-state index in [9.17, 15) is 0 Å². The number of aliphatic hydroxyl groups is 1. The van der Waals surface area contributed by atoms with Gasteiger partial charge in [0.05, 0.1) is 52.5 Å². The highest BCUT2D eigenvalue weighted by Gasteiger charge is 1.92. The van der Waals surface area contributed by atoms with Crippen LogP contribution in [0.5, 0.6) is 0 Å². The predicted molar refractivity (Wildman–Crippen MR) is 97.2 cm³/mol. The Bertz CT molecular complexity index is 246. The second-order valence-electron chi connectivity index (χ2n) is 5.71. The van der Waals surface area contributed by atoms with E-state index in [1.807, 2.05) is 0 Å². The molecule has 0 aromatic rings. The number of ether oxygens (including phenoxy) is 4. The Balaban J connectivity index is 3.03. The minimum Gasteiger partial charge on any atom is -0.499 e. The van der Waals surface area contributed by atoms with Gasteiger partial charge < -0.3 is 24.1 Å². The Kier molecular flexibility index (Phi) is 21.8. The Morgan fingerprint density at radius 1 is 0.667 bits per heavy atom. The van der Waals surface area contributed by atoms with Gasteiger partial charge in [0, 0.05) is 0 Å². The van der Waals surface area contributed by atoms with Crippen LogP contribution in [-0.2, 0) is 18.9 Å². The van der Waals surface area contributed by atoms with Crippen LogP contribution >= 0.6 is 0 Å². The van der Waals surface area contributed by atoms with Gasteiger partial charge >= 0.3 is 0 Å². The number of allylic oxidation sites excluding steroid dienone is 1. The summed E-state index contributed by atoms with van der Waals surface area (Å²) in [4.78, 5) is 0. The van der Waals surface area contributed by atoms with Crippen molar-refractivity contribution in [2.45, 2.75) is 58.3 Å². The first-order chi connectivity index (χ1) is 11.9. The maximum atomic E-state index is 8.52. The van der Waals surface area contributed by atoms with Crippen LogP contribution in [0, 0.1) is 0 Å². The standard InChI is InChI=1S/C19H38O5/c1-2-3-4-5-6-7-8-9-10-12-21-14-16-23-18-19-24-17-15-22-13-11-20/h10,12,20H,2-9,11,13-19H2,1H3/b12-10+. The molecule has 0 aromatic carbocycles. The van der Waals surface area contributed by atoms with Crippen LogP contribution in [0.4, 0.5) is 0 Å². The van der Waals surface area contributed by atoms with Gasteiger partial charge in [-0.2, -0.15) is 0 Å². The fraction of sp³-hybridized carbons (Fsp3) is 0.895. The lowest BCUT2D eigenvalue weighted by Crippen LogP contribution is -2.12. The number of unbranched alkanes of at least 4 members (excludes halogenated alkanes) is 7. The second kappa shape index (κ2) is 22.4. The van der Waals surface area contributed by atoms with Crippen LogP contribution in [0.2, 0.25) is 0 Å². The van der Waals surface area contributed by atoms with Crippen molar-refractivity contribution in [3.8, 4) is 0 Å². The smallest absolute Gasteiger partial charge is 0.111 e. The fourth-order valence-electron chi connectivity index (χ4n) is 2.14. The molecule has 0 saturated heterocycles. The number of hydrogen-bond acceptors (Lipinski definition) is 5. The van der Waals surface area contributed by atoms with Crippen molar-refractivity contribution in [1.82, 2.24) is 0 Å². The van der Waals surface area contributed by atoms with E-state index in [0.29, 0.717) is 46.2 Å². The third-order valence-electron chi connectivity index (χ3n) is 3.49. The van der Waals surface area contributed by atoms with E-state index in [4.69, 9.17) is 24.1 Å². The predicted octanol–water partition coefficient (Wildman–Crippen LogP) is 3.70. The van der Waals surface area contributed by atoms with Gasteiger partial charge in [-0.3, -0.25) is 0 Å². The second-order valence-corrected chi connectivity index (χ2v) is 5.71. The van der Waals surface area contributed by atoms with Gasteiger partial charge in [-0.1, -0.05) is 45.4 Å². The zero-order valence-electron chi connectivity index (χ0n) is 15.5. The Morgan fingerprint density at radius 2 is 1.21 bits per heavy atom. The molecule has 1 N–H and O–H groups in total. The van der Waals surface area contributed by atoms with Gasteiger partial charge in [0.2, 0.25) is 0 Å². The zero-order valence-corrected chi connectivity index (χ0v) is 15.5. The van der Waals surface area contributed by atoms with Crippen LogP contribution in [0.25, 0.3) is 0 Å². The first-order valence-corrected chi connectivity index (χ1v) is 9.52. The summed E-state index contributed by atoms with van der Waals surface area (Å²) in [5, 5.41) is 8.52. The molecule has 0 bridgehead atoms. The molecule has 0 aromatic heterocycles. The summed E-state index contributed by atoms with van der Waals surface area (Å²) in [7, 11) is 0. The molecular weight excluding hydrogens is 308 g/mol. The highest BCUT2D eigenvalue weighted by Crippen LogP contribution is 2.08. The molecule has 0 radical (unpaired) electrons. The van der Waals surface area contributed by atoms with Gasteiger partial charge in [-0.25, -0.2) is 0 Å². The van der Waals surface area contributed by atoms with E-state index < -0.39 is 0 Å². The highest BCUT2D eigenvalue weighted by molar-refractivity contribution is 4.73. The summed E-state index contributed by atoms with van der Waals surface area (Å²) in [6.45, 7) is 5.97. The van der Waals surface area contributed by atoms with Crippen molar-refractivity contribution in [1.29, 1.82) is 0 Å². The molecule has 5 heteroatoms. The molecule has 0 rings (SSSR count). The van der Waals surface area contributed by atoms with E-state index in [0.717, 1.165) is 6.42 Å². The molecule has 5 nitrogen and oxygen atoms in total. The largest absolute Gasteiger partial charge is 0.499 e. The molecule has 0 aliphatic carbocycles. The fourth-order valence-corrected chi connectivity index (χ4v) is 2.14. The molecule has 0 saturated carbocycles. The summed E-state index contributed by atoms with van der Waals surface area (Å²) >= 11 is 0. The van der Waals surface area contributed by atoms with E-state index in [-0.39, 0.29) is 6.61 Å². The third kappa shape index (κ3) is 21.4. The first kappa shape index (κ1) is 23.4. The molecule has 0 atom stereocenters. The molecule has 0 aliphatic heterocycles. The Hall–Kier alpha value is -0.620. The van der Waals surface area contributed by atoms with Crippen molar-refractivity contribution in [3.05, 3.63) is 12.3 Å². The molecule has 24 heavy (non-hydrogen) atoms. The first-order valence-electron chi connectivity index (χ1n) is 9.52. The Labute approximate surface area is 148 Å². The van der Waals surface area contributed by atoms with Gasteiger partial charge in [0.1, 0.15) is 6.61 Å². The SMILES string of the molecule is CCCCCCCCC/C=C/OCCOCCOCCOCCO. The van der Waals surface area contributed by atoms with Crippen molar-refractivity contribution < 1.29 is 24.1 Å². The third-order valence-corrected chi connectivity index (χ3v) is 3.49. The molecule has 0 heterocycles. The normalized spacial score (nSPS) is 11.4. The average molecular weight is 347 g/mol. The van der Waals surface area contributed by atoms with E-state index in [1.165, 1.54) is 44.9 Å². The lowest BCUT2D eigenvalue weighted by atomic mass is 10.1. The number of aliphatic hydroxyl groups excluding tert-OH is 1. The molecule has 0 spiro atoms. The molecule has 0 unspecified atom stereocenters. The molecule has 144 valence electrons. The summed E-state index contributed by atoms with van der Waals surface area (Å²) in [5.41, 5.74) is 0. The maximum absolute atomic E-state index is 8.52. The summed E-state index contributed by atoms with van der Waals surface area (Å²) in [6.07, 6.45) is 14.4. The van der Waals surface area contributed by atoms with E-state index >= 15 is 0 Å². The van der Waals surface area contributed by atoms with Gasteiger partial charge in [-0.05, 0) is 18.9 Å². The van der Waals surface area contributed by atoms with Crippen LogP contribution in [0.15, 0.2) is 12.3 Å². The summed E-state index contributed by atoms with van der Waals surface area (Å²) < 4.78 is 21.1. The van der Waals surface area contributed by atoms with Crippen molar-refractivity contribution in [2.24, 2.45) is 0 Å². The topological polar surface area (TPSA) is 57.2 Å². The van der Waals surface area contributed by atoms with Gasteiger partial charge in [0.25, 0.3) is 0 Å². The quantitative estimate of drug-likeness (QED) is 0.269. The summed E-state index contributed by atoms with van der Waals surface area (Å²) in [6, 6.07) is 0. The molecule has 0 fully saturated rings. The lowest BCUT2D eigenvalue weighted by Gasteiger charge is -2.06. The minimum atomic E-state index is 0.0522. The summed E-state index contributed by atoms with van der Waals surface area (Å²) in [5.74, 6) is 0. The van der Waals surface area contributed by atoms with Crippen LogP contribution in [0.3, 0.4) is 0 Å². The van der Waals surface area contributed by atoms with E-state index in [2.05, 4.69) is 13.0 Å². The van der Waals surface area contributed by atoms with Crippen LogP contribution in [-0.4, -0.2) is 58.0 Å².